The van der Waals surface area contributed by atoms with Gasteiger partial charge >= 0.3 is 0 Å². The van der Waals surface area contributed by atoms with Gasteiger partial charge < -0.3 is 9.15 Å². The fourth-order valence-corrected chi connectivity index (χ4v) is 4.81. The number of benzene rings is 3. The van der Waals surface area contributed by atoms with Crippen LogP contribution in [0.25, 0.3) is 21.2 Å². The molecule has 1 amide bonds. The van der Waals surface area contributed by atoms with Crippen molar-refractivity contribution in [3.63, 3.8) is 0 Å². The fourth-order valence-electron chi connectivity index (χ4n) is 3.63. The van der Waals surface area contributed by atoms with E-state index in [1.54, 1.807) is 18.1 Å². The second-order valence-corrected chi connectivity index (χ2v) is 8.80. The lowest BCUT2D eigenvalue weighted by atomic mass is 10.2. The summed E-state index contributed by atoms with van der Waals surface area (Å²) in [4.78, 5) is 20.1. The summed E-state index contributed by atoms with van der Waals surface area (Å²) in [7, 11) is 1.58. The number of furan rings is 1. The van der Waals surface area contributed by atoms with Gasteiger partial charge in [-0.1, -0.05) is 65.4 Å². The number of ether oxygens (including phenoxy) is 1. The molecule has 0 aliphatic carbocycles. The van der Waals surface area contributed by atoms with Crippen LogP contribution in [0.1, 0.15) is 21.7 Å². The zero-order chi connectivity index (χ0) is 22.2. The number of fused-ring (bicyclic) bond motifs is 2. The van der Waals surface area contributed by atoms with Crippen LogP contribution in [0, 0.1) is 6.92 Å². The van der Waals surface area contributed by atoms with Crippen LogP contribution in [0.4, 0.5) is 5.13 Å². The van der Waals surface area contributed by atoms with E-state index in [1.807, 2.05) is 67.6 Å². The summed E-state index contributed by atoms with van der Waals surface area (Å²) in [5, 5.41) is 2.05. The largest absolute Gasteiger partial charge is 0.493 e. The maximum Gasteiger partial charge on any atom is 0.296 e. The minimum atomic E-state index is -0.269. The minimum absolute atomic E-state index is 0.231. The Morgan fingerprint density at radius 2 is 1.94 bits per heavy atom. The highest BCUT2D eigenvalue weighted by molar-refractivity contribution is 7.22. The number of nitrogens with zero attached hydrogens (tertiary/aromatic N) is 2. The van der Waals surface area contributed by atoms with Crippen molar-refractivity contribution >= 4 is 55.2 Å². The van der Waals surface area contributed by atoms with Gasteiger partial charge in [-0.3, -0.25) is 9.69 Å². The van der Waals surface area contributed by atoms with E-state index in [1.165, 1.54) is 11.3 Å². The Labute approximate surface area is 193 Å². The Morgan fingerprint density at radius 3 is 2.72 bits per heavy atom. The Balaban J connectivity index is 1.61. The first kappa shape index (κ1) is 20.5. The summed E-state index contributed by atoms with van der Waals surface area (Å²) in [5.74, 6) is 0.547. The maximum atomic E-state index is 13.7. The third-order valence-electron chi connectivity index (χ3n) is 5.33. The van der Waals surface area contributed by atoms with Gasteiger partial charge in [-0.05, 0) is 42.3 Å². The Kier molecular flexibility index (Phi) is 5.33. The molecular formula is C25H19ClN2O3S. The van der Waals surface area contributed by atoms with Gasteiger partial charge in [-0.2, -0.15) is 0 Å². The van der Waals surface area contributed by atoms with Crippen molar-refractivity contribution in [2.75, 3.05) is 12.0 Å². The van der Waals surface area contributed by atoms with Gasteiger partial charge in [0.15, 0.2) is 22.2 Å². The van der Waals surface area contributed by atoms with E-state index in [-0.39, 0.29) is 11.7 Å². The number of para-hydroxylation sites is 1. The van der Waals surface area contributed by atoms with Gasteiger partial charge in [-0.15, -0.1) is 0 Å². The predicted molar refractivity (Wildman–Crippen MR) is 129 cm³/mol. The number of carbonyl (C=O) groups is 1. The number of thiazole rings is 1. The lowest BCUT2D eigenvalue weighted by Gasteiger charge is -2.18. The molecule has 32 heavy (non-hydrogen) atoms. The van der Waals surface area contributed by atoms with Crippen LogP contribution >= 0.6 is 22.9 Å². The van der Waals surface area contributed by atoms with E-state index < -0.39 is 0 Å². The Hall–Kier alpha value is -3.35. The lowest BCUT2D eigenvalue weighted by Crippen LogP contribution is -2.30. The first-order valence-corrected chi connectivity index (χ1v) is 11.2. The van der Waals surface area contributed by atoms with Crippen LogP contribution in [0.2, 0.25) is 5.02 Å². The van der Waals surface area contributed by atoms with Crippen LogP contribution < -0.4 is 9.64 Å². The summed E-state index contributed by atoms with van der Waals surface area (Å²) in [6, 6.07) is 20.9. The molecule has 2 aromatic heterocycles. The van der Waals surface area contributed by atoms with E-state index in [0.717, 1.165) is 26.7 Å². The summed E-state index contributed by atoms with van der Waals surface area (Å²) in [6.45, 7) is 2.30. The summed E-state index contributed by atoms with van der Waals surface area (Å²) >= 11 is 7.75. The van der Waals surface area contributed by atoms with Crippen molar-refractivity contribution in [3.8, 4) is 5.75 Å². The molecule has 5 nitrogen and oxygen atoms in total. The van der Waals surface area contributed by atoms with E-state index >= 15 is 0 Å². The monoisotopic (exact) mass is 462 g/mol. The number of halogens is 1. The average Bonchev–Trinajstić information content (AvgIpc) is 3.45. The number of amides is 1. The zero-order valence-electron chi connectivity index (χ0n) is 17.5. The molecule has 0 fully saturated rings. The molecule has 0 aliphatic rings. The highest BCUT2D eigenvalue weighted by Crippen LogP contribution is 2.36. The van der Waals surface area contributed by atoms with E-state index in [2.05, 4.69) is 0 Å². The molecule has 160 valence electrons. The molecule has 7 heteroatoms. The molecule has 0 atom stereocenters. The van der Waals surface area contributed by atoms with Gasteiger partial charge in [0, 0.05) is 10.4 Å². The topological polar surface area (TPSA) is 55.6 Å². The first-order chi connectivity index (χ1) is 15.5. The van der Waals surface area contributed by atoms with Gasteiger partial charge in [0.05, 0.1) is 23.9 Å². The number of hydrogen-bond acceptors (Lipinski definition) is 5. The molecule has 0 aliphatic heterocycles. The van der Waals surface area contributed by atoms with Crippen molar-refractivity contribution in [2.24, 2.45) is 0 Å². The number of aryl methyl sites for hydroxylation is 1. The first-order valence-electron chi connectivity index (χ1n) is 10.0. The molecule has 0 spiro atoms. The summed E-state index contributed by atoms with van der Waals surface area (Å²) in [6.07, 6.45) is 0. The fraction of sp³-hybridized carbons (Fsp3) is 0.120. The number of carbonyl (C=O) groups excluding carboxylic acids is 1. The Morgan fingerprint density at radius 1 is 1.12 bits per heavy atom. The minimum Gasteiger partial charge on any atom is -0.493 e. The molecule has 5 aromatic rings. The van der Waals surface area contributed by atoms with Crippen molar-refractivity contribution in [2.45, 2.75) is 13.5 Å². The molecule has 5 rings (SSSR count). The highest BCUT2D eigenvalue weighted by Gasteiger charge is 2.26. The van der Waals surface area contributed by atoms with Gasteiger partial charge in [0.2, 0.25) is 0 Å². The molecule has 2 heterocycles. The molecule has 0 radical (unpaired) electrons. The van der Waals surface area contributed by atoms with E-state index in [0.29, 0.717) is 28.0 Å². The van der Waals surface area contributed by atoms with Crippen LogP contribution in [-0.4, -0.2) is 18.0 Å². The quantitative estimate of drug-likeness (QED) is 0.286. The molecule has 0 unspecified atom stereocenters. The number of hydrogen-bond donors (Lipinski definition) is 0. The predicted octanol–water partition coefficient (Wildman–Crippen LogP) is 6.86. The van der Waals surface area contributed by atoms with Crippen molar-refractivity contribution in [1.82, 2.24) is 4.98 Å². The van der Waals surface area contributed by atoms with Crippen LogP contribution in [0.3, 0.4) is 0 Å². The number of methoxy groups -OCH3 is 1. The molecule has 0 saturated heterocycles. The van der Waals surface area contributed by atoms with Gasteiger partial charge in [0.25, 0.3) is 5.91 Å². The standard InChI is InChI=1S/C25H19ClN2O3S/c1-15-18(26)11-12-21-22(15)27-25(32-21)28(14-16-7-4-3-5-8-16)24(29)20-13-17-9-6-10-19(30-2)23(17)31-20/h3-13H,14H2,1-2H3. The highest BCUT2D eigenvalue weighted by atomic mass is 35.5. The number of aromatic nitrogens is 1. The third kappa shape index (κ3) is 3.61. The SMILES string of the molecule is COc1cccc2cc(C(=O)N(Cc3ccccc3)c3nc4c(C)c(Cl)ccc4s3)oc12. The zero-order valence-corrected chi connectivity index (χ0v) is 19.0. The van der Waals surface area contributed by atoms with Crippen molar-refractivity contribution in [1.29, 1.82) is 0 Å². The third-order valence-corrected chi connectivity index (χ3v) is 6.79. The van der Waals surface area contributed by atoms with Crippen LogP contribution in [0.5, 0.6) is 5.75 Å². The summed E-state index contributed by atoms with van der Waals surface area (Å²) < 4.78 is 12.3. The second kappa shape index (κ2) is 8.30. The second-order valence-electron chi connectivity index (χ2n) is 7.38. The molecule has 0 N–H and O–H groups in total. The van der Waals surface area contributed by atoms with Gasteiger partial charge in [0.1, 0.15) is 0 Å². The number of anilines is 1. The van der Waals surface area contributed by atoms with Crippen molar-refractivity contribution in [3.05, 3.63) is 88.6 Å². The average molecular weight is 463 g/mol. The normalized spacial score (nSPS) is 11.2. The smallest absolute Gasteiger partial charge is 0.296 e. The summed E-state index contributed by atoms with van der Waals surface area (Å²) in [5.41, 5.74) is 3.23. The van der Waals surface area contributed by atoms with Crippen molar-refractivity contribution < 1.29 is 13.9 Å². The number of rotatable bonds is 5. The van der Waals surface area contributed by atoms with Crippen LogP contribution in [0.15, 0.2) is 71.1 Å². The Bertz CT molecular complexity index is 1440. The molecule has 3 aromatic carbocycles. The van der Waals surface area contributed by atoms with Crippen LogP contribution in [-0.2, 0) is 6.54 Å². The molecular weight excluding hydrogens is 444 g/mol. The lowest BCUT2D eigenvalue weighted by molar-refractivity contribution is 0.0960. The maximum absolute atomic E-state index is 13.7. The van der Waals surface area contributed by atoms with Gasteiger partial charge in [-0.25, -0.2) is 4.98 Å². The van der Waals surface area contributed by atoms with E-state index in [4.69, 9.17) is 25.7 Å². The van der Waals surface area contributed by atoms with E-state index in [9.17, 15) is 4.79 Å². The molecule has 0 bridgehead atoms. The molecule has 0 saturated carbocycles.